The summed E-state index contributed by atoms with van der Waals surface area (Å²) in [6, 6.07) is 20.5. The van der Waals surface area contributed by atoms with E-state index in [0.29, 0.717) is 5.82 Å². The highest BCUT2D eigenvalue weighted by molar-refractivity contribution is 7.99. The van der Waals surface area contributed by atoms with Gasteiger partial charge in [-0.25, -0.2) is 4.39 Å². The highest BCUT2D eigenvalue weighted by Crippen LogP contribution is 2.28. The van der Waals surface area contributed by atoms with Gasteiger partial charge in [0.15, 0.2) is 11.0 Å². The third-order valence-corrected chi connectivity index (χ3v) is 5.05. The summed E-state index contributed by atoms with van der Waals surface area (Å²) in [5, 5.41) is 9.55. The van der Waals surface area contributed by atoms with Gasteiger partial charge in [0.1, 0.15) is 5.82 Å². The van der Waals surface area contributed by atoms with Gasteiger partial charge in [-0.15, -0.1) is 10.2 Å². The van der Waals surface area contributed by atoms with Crippen molar-refractivity contribution in [3.63, 3.8) is 0 Å². The summed E-state index contributed by atoms with van der Waals surface area (Å²) in [7, 11) is 0. The third kappa shape index (κ3) is 4.06. The Morgan fingerprint density at radius 1 is 0.852 bits per heavy atom. The molecular formula is C21H17FN4S. The lowest BCUT2D eigenvalue weighted by molar-refractivity contribution is 0.627. The smallest absolute Gasteiger partial charge is 0.196 e. The summed E-state index contributed by atoms with van der Waals surface area (Å²) in [6.45, 7) is 0. The van der Waals surface area contributed by atoms with E-state index in [4.69, 9.17) is 0 Å². The van der Waals surface area contributed by atoms with Crippen LogP contribution >= 0.6 is 11.8 Å². The number of aromatic nitrogens is 4. The van der Waals surface area contributed by atoms with Crippen LogP contribution in [0.4, 0.5) is 4.39 Å². The van der Waals surface area contributed by atoms with E-state index in [1.165, 1.54) is 17.7 Å². The standard InChI is InChI=1S/C21H17FN4S/c22-18-6-8-19(9-7-18)26-20(17-10-13-23-14-11-17)24-25-21(26)27-15-12-16-4-2-1-3-5-16/h1-11,13-14H,12,15H2. The van der Waals surface area contributed by atoms with Gasteiger partial charge < -0.3 is 0 Å². The molecule has 0 spiro atoms. The molecule has 2 aromatic heterocycles. The fourth-order valence-electron chi connectivity index (χ4n) is 2.78. The lowest BCUT2D eigenvalue weighted by atomic mass is 10.2. The minimum absolute atomic E-state index is 0.268. The Kier molecular flexibility index (Phi) is 5.25. The maximum atomic E-state index is 13.4. The molecule has 4 rings (SSSR count). The molecule has 0 N–H and O–H groups in total. The number of halogens is 1. The van der Waals surface area contributed by atoms with Gasteiger partial charge in [0.25, 0.3) is 0 Å². The Hall–Kier alpha value is -2.99. The molecule has 27 heavy (non-hydrogen) atoms. The van der Waals surface area contributed by atoms with Crippen LogP contribution in [0.1, 0.15) is 5.56 Å². The van der Waals surface area contributed by atoms with Gasteiger partial charge in [-0.3, -0.25) is 9.55 Å². The molecule has 2 aromatic carbocycles. The van der Waals surface area contributed by atoms with Crippen molar-refractivity contribution in [3.8, 4) is 17.1 Å². The maximum absolute atomic E-state index is 13.4. The predicted molar refractivity (Wildman–Crippen MR) is 105 cm³/mol. The Labute approximate surface area is 161 Å². The van der Waals surface area contributed by atoms with E-state index in [1.54, 1.807) is 36.3 Å². The lowest BCUT2D eigenvalue weighted by Crippen LogP contribution is -2.00. The molecule has 0 bridgehead atoms. The fraction of sp³-hybridized carbons (Fsp3) is 0.0952. The highest BCUT2D eigenvalue weighted by atomic mass is 32.2. The number of benzene rings is 2. The molecule has 4 nitrogen and oxygen atoms in total. The van der Waals surface area contributed by atoms with Crippen LogP contribution in [-0.2, 0) is 6.42 Å². The SMILES string of the molecule is Fc1ccc(-n2c(SCCc3ccccc3)nnc2-c2ccncc2)cc1. The minimum atomic E-state index is -0.268. The number of hydrogen-bond acceptors (Lipinski definition) is 4. The van der Waals surface area contributed by atoms with Crippen molar-refractivity contribution in [2.75, 3.05) is 5.75 Å². The molecule has 134 valence electrons. The van der Waals surface area contributed by atoms with Crippen LogP contribution in [0.2, 0.25) is 0 Å². The normalized spacial score (nSPS) is 10.9. The monoisotopic (exact) mass is 376 g/mol. The van der Waals surface area contributed by atoms with Crippen LogP contribution in [0.5, 0.6) is 0 Å². The molecule has 0 saturated carbocycles. The molecular weight excluding hydrogens is 359 g/mol. The van der Waals surface area contributed by atoms with Crippen molar-refractivity contribution in [1.29, 1.82) is 0 Å². The molecule has 4 aromatic rings. The number of thioether (sulfide) groups is 1. The molecule has 0 aliphatic rings. The van der Waals surface area contributed by atoms with Crippen molar-refractivity contribution < 1.29 is 4.39 Å². The number of rotatable bonds is 6. The van der Waals surface area contributed by atoms with Gasteiger partial charge in [0, 0.05) is 29.4 Å². The van der Waals surface area contributed by atoms with Crippen molar-refractivity contribution >= 4 is 11.8 Å². The maximum Gasteiger partial charge on any atom is 0.196 e. The number of nitrogens with zero attached hydrogens (tertiary/aromatic N) is 4. The summed E-state index contributed by atoms with van der Waals surface area (Å²) < 4.78 is 15.4. The molecule has 0 atom stereocenters. The Bertz CT molecular complexity index is 1000. The summed E-state index contributed by atoms with van der Waals surface area (Å²) in [6.07, 6.45) is 4.38. The first-order valence-corrected chi connectivity index (χ1v) is 9.58. The molecule has 0 saturated heterocycles. The zero-order valence-corrected chi connectivity index (χ0v) is 15.3. The van der Waals surface area contributed by atoms with Crippen molar-refractivity contribution in [3.05, 3.63) is 90.5 Å². The second kappa shape index (κ2) is 8.14. The molecule has 6 heteroatoms. The first-order chi connectivity index (χ1) is 13.3. The summed E-state index contributed by atoms with van der Waals surface area (Å²) in [5.74, 6) is 1.32. The van der Waals surface area contributed by atoms with Crippen molar-refractivity contribution in [2.24, 2.45) is 0 Å². The van der Waals surface area contributed by atoms with Crippen LogP contribution in [0, 0.1) is 5.82 Å². The Morgan fingerprint density at radius 3 is 2.33 bits per heavy atom. The van der Waals surface area contributed by atoms with Crippen LogP contribution in [-0.4, -0.2) is 25.5 Å². The van der Waals surface area contributed by atoms with Crippen molar-refractivity contribution in [1.82, 2.24) is 19.7 Å². The van der Waals surface area contributed by atoms with Gasteiger partial charge in [-0.1, -0.05) is 42.1 Å². The van der Waals surface area contributed by atoms with E-state index in [2.05, 4.69) is 27.3 Å². The second-order valence-corrected chi connectivity index (χ2v) is 7.00. The zero-order chi connectivity index (χ0) is 18.5. The van der Waals surface area contributed by atoms with Crippen LogP contribution in [0.3, 0.4) is 0 Å². The molecule has 2 heterocycles. The van der Waals surface area contributed by atoms with Gasteiger partial charge in [0.2, 0.25) is 0 Å². The van der Waals surface area contributed by atoms with Gasteiger partial charge >= 0.3 is 0 Å². The topological polar surface area (TPSA) is 43.6 Å². The first-order valence-electron chi connectivity index (χ1n) is 8.60. The van der Waals surface area contributed by atoms with Crippen LogP contribution in [0.15, 0.2) is 84.3 Å². The first kappa shape index (κ1) is 17.4. The van der Waals surface area contributed by atoms with Crippen LogP contribution in [0.25, 0.3) is 17.1 Å². The van der Waals surface area contributed by atoms with E-state index in [-0.39, 0.29) is 5.82 Å². The molecule has 0 radical (unpaired) electrons. The minimum Gasteiger partial charge on any atom is -0.270 e. The average Bonchev–Trinajstić information content (AvgIpc) is 3.14. The number of hydrogen-bond donors (Lipinski definition) is 0. The highest BCUT2D eigenvalue weighted by Gasteiger charge is 2.16. The number of aryl methyl sites for hydroxylation is 1. The average molecular weight is 376 g/mol. The van der Waals surface area contributed by atoms with Crippen molar-refractivity contribution in [2.45, 2.75) is 11.6 Å². The molecule has 0 fully saturated rings. The predicted octanol–water partition coefficient (Wildman–Crippen LogP) is 4.80. The lowest BCUT2D eigenvalue weighted by Gasteiger charge is -2.10. The zero-order valence-electron chi connectivity index (χ0n) is 14.5. The Balaban J connectivity index is 1.64. The third-order valence-electron chi connectivity index (χ3n) is 4.12. The van der Waals surface area contributed by atoms with Gasteiger partial charge in [0.05, 0.1) is 0 Å². The molecule has 0 aliphatic heterocycles. The molecule has 0 aliphatic carbocycles. The van der Waals surface area contributed by atoms with E-state index < -0.39 is 0 Å². The van der Waals surface area contributed by atoms with Gasteiger partial charge in [-0.2, -0.15) is 0 Å². The van der Waals surface area contributed by atoms with E-state index in [1.807, 2.05) is 34.9 Å². The fourth-order valence-corrected chi connectivity index (χ4v) is 3.72. The largest absolute Gasteiger partial charge is 0.270 e. The molecule has 0 amide bonds. The van der Waals surface area contributed by atoms with E-state index in [9.17, 15) is 4.39 Å². The second-order valence-electron chi connectivity index (χ2n) is 5.94. The van der Waals surface area contributed by atoms with E-state index in [0.717, 1.165) is 28.6 Å². The summed E-state index contributed by atoms with van der Waals surface area (Å²) in [5.41, 5.74) is 3.03. The Morgan fingerprint density at radius 2 is 1.59 bits per heavy atom. The van der Waals surface area contributed by atoms with E-state index >= 15 is 0 Å². The van der Waals surface area contributed by atoms with Crippen LogP contribution < -0.4 is 0 Å². The summed E-state index contributed by atoms with van der Waals surface area (Å²) >= 11 is 1.64. The molecule has 0 unspecified atom stereocenters. The quantitative estimate of drug-likeness (QED) is 0.453. The number of pyridine rings is 1. The summed E-state index contributed by atoms with van der Waals surface area (Å²) in [4.78, 5) is 4.06. The van der Waals surface area contributed by atoms with Gasteiger partial charge in [-0.05, 0) is 48.4 Å².